The second-order valence-electron chi connectivity index (χ2n) is 8.40. The van der Waals surface area contributed by atoms with Gasteiger partial charge in [-0.05, 0) is 60.2 Å². The minimum absolute atomic E-state index is 0.0459. The van der Waals surface area contributed by atoms with Crippen LogP contribution in [0.1, 0.15) is 46.9 Å². The van der Waals surface area contributed by atoms with E-state index in [4.69, 9.17) is 4.98 Å². The average molecular weight is 446 g/mol. The smallest absolute Gasteiger partial charge is 0.229 e. The lowest BCUT2D eigenvalue weighted by Gasteiger charge is -2.06. The summed E-state index contributed by atoms with van der Waals surface area (Å²) in [6.07, 6.45) is 2.14. The second kappa shape index (κ2) is 7.60. The van der Waals surface area contributed by atoms with Crippen molar-refractivity contribution in [2.45, 2.75) is 25.2 Å². The Morgan fingerprint density at radius 3 is 2.50 bits per heavy atom. The Bertz CT molecular complexity index is 1440. The van der Waals surface area contributed by atoms with Crippen LogP contribution in [-0.2, 0) is 10.0 Å². The van der Waals surface area contributed by atoms with Crippen molar-refractivity contribution >= 4 is 32.5 Å². The first-order valence-electron chi connectivity index (χ1n) is 10.5. The molecular weight excluding hydrogens is 422 g/mol. The van der Waals surface area contributed by atoms with Gasteiger partial charge in [0.05, 0.1) is 17.3 Å². The molecule has 162 valence electrons. The van der Waals surface area contributed by atoms with Gasteiger partial charge >= 0.3 is 0 Å². The predicted molar refractivity (Wildman–Crippen MR) is 127 cm³/mol. The van der Waals surface area contributed by atoms with Gasteiger partial charge in [0.25, 0.3) is 0 Å². The maximum atomic E-state index is 12.0. The zero-order valence-electron chi connectivity index (χ0n) is 17.8. The highest BCUT2D eigenvalue weighted by Crippen LogP contribution is 2.54. The normalized spacial score (nSPS) is 17.9. The van der Waals surface area contributed by atoms with Gasteiger partial charge in [-0.25, -0.2) is 13.4 Å². The second-order valence-corrected chi connectivity index (χ2v) is 10.1. The van der Waals surface area contributed by atoms with Crippen LogP contribution in [0.5, 0.6) is 0 Å². The molecule has 6 nitrogen and oxygen atoms in total. The number of nitrogens with one attached hydrogen (secondary N) is 2. The standard InChI is InChI=1S/C25H23N3O3S/c1-15(29)19-5-3-4-6-20(19)17-9-12-23-24(13-17)27-25(26-23)22-14-21(22)16-7-10-18(11-8-16)28-32(2,30)31/h3-13,21-22,28H,14H2,1-2H3,(H,26,27). The summed E-state index contributed by atoms with van der Waals surface area (Å²) in [6, 6.07) is 21.2. The molecule has 1 aliphatic carbocycles. The minimum atomic E-state index is -3.28. The van der Waals surface area contributed by atoms with Crippen LogP contribution in [0, 0.1) is 0 Å². The Morgan fingerprint density at radius 1 is 1.03 bits per heavy atom. The number of Topliss-reactive ketones (excluding diaryl/α,β-unsaturated/α-hetero) is 1. The number of rotatable bonds is 6. The third-order valence-electron chi connectivity index (χ3n) is 5.90. The minimum Gasteiger partial charge on any atom is -0.342 e. The molecule has 0 bridgehead atoms. The summed E-state index contributed by atoms with van der Waals surface area (Å²) in [5.41, 5.74) is 6.21. The van der Waals surface area contributed by atoms with Gasteiger partial charge in [0.1, 0.15) is 5.82 Å². The molecule has 1 heterocycles. The van der Waals surface area contributed by atoms with Crippen molar-refractivity contribution in [1.82, 2.24) is 9.97 Å². The zero-order valence-corrected chi connectivity index (χ0v) is 18.6. The molecule has 7 heteroatoms. The summed E-state index contributed by atoms with van der Waals surface area (Å²) in [5, 5.41) is 0. The number of H-pyrrole nitrogens is 1. The molecule has 2 N–H and O–H groups in total. The van der Waals surface area contributed by atoms with E-state index in [9.17, 15) is 13.2 Å². The molecule has 1 saturated carbocycles. The number of anilines is 1. The summed E-state index contributed by atoms with van der Waals surface area (Å²) < 4.78 is 25.3. The number of imidazole rings is 1. The first kappa shape index (κ1) is 20.5. The number of ketones is 1. The van der Waals surface area contributed by atoms with Crippen LogP contribution in [0.3, 0.4) is 0 Å². The molecule has 32 heavy (non-hydrogen) atoms. The topological polar surface area (TPSA) is 91.9 Å². The molecule has 1 aromatic heterocycles. The lowest BCUT2D eigenvalue weighted by atomic mass is 9.97. The van der Waals surface area contributed by atoms with E-state index in [1.807, 2.05) is 48.5 Å². The largest absolute Gasteiger partial charge is 0.342 e. The average Bonchev–Trinajstić information content (AvgIpc) is 3.44. The van der Waals surface area contributed by atoms with Gasteiger partial charge in [-0.3, -0.25) is 9.52 Å². The van der Waals surface area contributed by atoms with Crippen LogP contribution >= 0.6 is 0 Å². The first-order chi connectivity index (χ1) is 15.3. The van der Waals surface area contributed by atoms with Gasteiger partial charge in [-0.15, -0.1) is 0 Å². The van der Waals surface area contributed by atoms with E-state index in [0.29, 0.717) is 23.1 Å². The Labute approximate surface area is 186 Å². The summed E-state index contributed by atoms with van der Waals surface area (Å²) in [6.45, 7) is 1.59. The van der Waals surface area contributed by atoms with Crippen molar-refractivity contribution in [2.75, 3.05) is 11.0 Å². The van der Waals surface area contributed by atoms with Crippen molar-refractivity contribution < 1.29 is 13.2 Å². The zero-order chi connectivity index (χ0) is 22.5. The number of carbonyl (C=O) groups is 1. The summed E-state index contributed by atoms with van der Waals surface area (Å²) in [4.78, 5) is 20.3. The predicted octanol–water partition coefficient (Wildman–Crippen LogP) is 5.08. The summed E-state index contributed by atoms with van der Waals surface area (Å²) in [7, 11) is -3.28. The van der Waals surface area contributed by atoms with E-state index >= 15 is 0 Å². The number of nitrogens with zero attached hydrogens (tertiary/aromatic N) is 1. The van der Waals surface area contributed by atoms with Crippen molar-refractivity contribution in [3.05, 3.63) is 83.7 Å². The fourth-order valence-electron chi connectivity index (χ4n) is 4.29. The monoisotopic (exact) mass is 445 g/mol. The van der Waals surface area contributed by atoms with Crippen molar-refractivity contribution in [1.29, 1.82) is 0 Å². The SMILES string of the molecule is CC(=O)c1ccccc1-c1ccc2nc(C3CC3c3ccc(NS(C)(=O)=O)cc3)[nH]c2c1. The van der Waals surface area contributed by atoms with Crippen LogP contribution in [0.25, 0.3) is 22.2 Å². The molecule has 5 rings (SSSR count). The Hall–Kier alpha value is -3.45. The Morgan fingerprint density at radius 2 is 1.78 bits per heavy atom. The molecule has 0 amide bonds. The van der Waals surface area contributed by atoms with Crippen molar-refractivity contribution in [3.8, 4) is 11.1 Å². The van der Waals surface area contributed by atoms with E-state index in [1.54, 1.807) is 19.1 Å². The molecule has 3 aromatic carbocycles. The van der Waals surface area contributed by atoms with Crippen molar-refractivity contribution in [3.63, 3.8) is 0 Å². The van der Waals surface area contributed by atoms with Gasteiger partial charge < -0.3 is 4.98 Å². The first-order valence-corrected chi connectivity index (χ1v) is 12.4. The van der Waals surface area contributed by atoms with Crippen LogP contribution in [0.15, 0.2) is 66.7 Å². The van der Waals surface area contributed by atoms with Gasteiger partial charge in [0.15, 0.2) is 5.78 Å². The van der Waals surface area contributed by atoms with Gasteiger partial charge in [-0.1, -0.05) is 42.5 Å². The molecular formula is C25H23N3O3S. The van der Waals surface area contributed by atoms with Crippen LogP contribution < -0.4 is 4.72 Å². The molecule has 0 spiro atoms. The Balaban J connectivity index is 1.38. The third kappa shape index (κ3) is 4.03. The number of carbonyl (C=O) groups excluding carboxylic acids is 1. The highest BCUT2D eigenvalue weighted by Gasteiger charge is 2.41. The van der Waals surface area contributed by atoms with E-state index in [0.717, 1.165) is 40.7 Å². The number of sulfonamides is 1. The summed E-state index contributed by atoms with van der Waals surface area (Å²) in [5.74, 6) is 1.68. The Kier molecular flexibility index (Phi) is 4.86. The molecule has 0 aliphatic heterocycles. The maximum absolute atomic E-state index is 12.0. The molecule has 0 saturated heterocycles. The molecule has 1 aliphatic rings. The van der Waals surface area contributed by atoms with Gasteiger partial charge in [-0.2, -0.15) is 0 Å². The maximum Gasteiger partial charge on any atom is 0.229 e. The fraction of sp³-hybridized carbons (Fsp3) is 0.200. The van der Waals surface area contributed by atoms with E-state index in [1.165, 1.54) is 5.56 Å². The molecule has 1 fully saturated rings. The highest BCUT2D eigenvalue weighted by atomic mass is 32.2. The van der Waals surface area contributed by atoms with E-state index < -0.39 is 10.0 Å². The number of fused-ring (bicyclic) bond motifs is 1. The van der Waals surface area contributed by atoms with Crippen LogP contribution in [0.4, 0.5) is 5.69 Å². The molecule has 0 radical (unpaired) electrons. The number of hydrogen-bond acceptors (Lipinski definition) is 4. The third-order valence-corrected chi connectivity index (χ3v) is 6.51. The quantitative estimate of drug-likeness (QED) is 0.405. The fourth-order valence-corrected chi connectivity index (χ4v) is 4.86. The summed E-state index contributed by atoms with van der Waals surface area (Å²) >= 11 is 0. The van der Waals surface area contributed by atoms with Gasteiger partial charge in [0, 0.05) is 17.2 Å². The van der Waals surface area contributed by atoms with Gasteiger partial charge in [0.2, 0.25) is 10.0 Å². The lowest BCUT2D eigenvalue weighted by molar-refractivity contribution is 0.101. The lowest BCUT2D eigenvalue weighted by Crippen LogP contribution is -2.09. The van der Waals surface area contributed by atoms with Crippen LogP contribution in [-0.4, -0.2) is 30.4 Å². The molecule has 2 atom stereocenters. The number of benzene rings is 3. The number of aromatic amines is 1. The number of hydrogen-bond donors (Lipinski definition) is 2. The molecule has 4 aromatic rings. The van der Waals surface area contributed by atoms with E-state index in [2.05, 4.69) is 15.8 Å². The van der Waals surface area contributed by atoms with Crippen LogP contribution in [0.2, 0.25) is 0 Å². The molecule has 2 unspecified atom stereocenters. The number of aromatic nitrogens is 2. The van der Waals surface area contributed by atoms with Crippen molar-refractivity contribution in [2.24, 2.45) is 0 Å². The van der Waals surface area contributed by atoms with E-state index in [-0.39, 0.29) is 5.78 Å². The highest BCUT2D eigenvalue weighted by molar-refractivity contribution is 7.92.